The zero-order chi connectivity index (χ0) is 19.5. The number of thiazole rings is 1. The molecule has 2 aromatic heterocycles. The number of likely N-dealkylation sites (tertiary alicyclic amines) is 1. The molecule has 0 bridgehead atoms. The van der Waals surface area contributed by atoms with E-state index >= 15 is 0 Å². The summed E-state index contributed by atoms with van der Waals surface area (Å²) in [5, 5.41) is 9.58. The maximum absolute atomic E-state index is 13.0. The number of benzene rings is 1. The monoisotopic (exact) mass is 393 g/mol. The Hall–Kier alpha value is -3.06. The van der Waals surface area contributed by atoms with Crippen LogP contribution in [0.25, 0.3) is 21.7 Å². The van der Waals surface area contributed by atoms with E-state index in [9.17, 15) is 9.59 Å². The molecule has 0 radical (unpaired) electrons. The minimum atomic E-state index is -0.785. The quantitative estimate of drug-likeness (QED) is 0.729. The van der Waals surface area contributed by atoms with Crippen molar-refractivity contribution in [3.63, 3.8) is 0 Å². The number of carbonyl (C=O) groups excluding carboxylic acids is 1. The Kier molecular flexibility index (Phi) is 5.16. The number of aromatic nitrogens is 2. The first kappa shape index (κ1) is 18.3. The summed E-state index contributed by atoms with van der Waals surface area (Å²) in [6.45, 7) is 0.890. The van der Waals surface area contributed by atoms with Crippen LogP contribution in [0.2, 0.25) is 0 Å². The van der Waals surface area contributed by atoms with E-state index in [1.807, 2.05) is 42.5 Å². The predicted molar refractivity (Wildman–Crippen MR) is 107 cm³/mol. The SMILES string of the molecule is O=C(O)C1CCN(C(=O)c2nc(-c3ccccc3)c(-c3ccncc3)s2)CC1. The van der Waals surface area contributed by atoms with Gasteiger partial charge in [-0.05, 0) is 30.5 Å². The number of carboxylic acids is 1. The van der Waals surface area contributed by atoms with Gasteiger partial charge in [0.2, 0.25) is 0 Å². The van der Waals surface area contributed by atoms with E-state index in [2.05, 4.69) is 9.97 Å². The summed E-state index contributed by atoms with van der Waals surface area (Å²) < 4.78 is 0. The summed E-state index contributed by atoms with van der Waals surface area (Å²) >= 11 is 1.37. The van der Waals surface area contributed by atoms with Crippen LogP contribution in [-0.2, 0) is 4.79 Å². The van der Waals surface area contributed by atoms with Crippen LogP contribution in [-0.4, -0.2) is 44.9 Å². The van der Waals surface area contributed by atoms with E-state index in [4.69, 9.17) is 5.11 Å². The molecule has 0 aliphatic carbocycles. The number of rotatable bonds is 4. The second kappa shape index (κ2) is 7.90. The first-order valence-electron chi connectivity index (χ1n) is 9.12. The molecule has 1 amide bonds. The standard InChI is InChI=1S/C21H19N3O3S/c25-20(24-12-8-16(9-13-24)21(26)27)19-23-17(14-4-2-1-3-5-14)18(28-19)15-6-10-22-11-7-15/h1-7,10-11,16H,8-9,12-13H2,(H,26,27). The van der Waals surface area contributed by atoms with E-state index in [0.29, 0.717) is 30.9 Å². The molecule has 6 nitrogen and oxygen atoms in total. The molecule has 0 saturated carbocycles. The Balaban J connectivity index is 1.66. The van der Waals surface area contributed by atoms with Gasteiger partial charge in [0.15, 0.2) is 5.01 Å². The Morgan fingerprint density at radius 3 is 2.32 bits per heavy atom. The van der Waals surface area contributed by atoms with Gasteiger partial charge >= 0.3 is 5.97 Å². The predicted octanol–water partition coefficient (Wildman–Crippen LogP) is 3.81. The Morgan fingerprint density at radius 2 is 1.68 bits per heavy atom. The van der Waals surface area contributed by atoms with Crippen LogP contribution in [0.1, 0.15) is 22.6 Å². The molecule has 4 rings (SSSR count). The Morgan fingerprint density at radius 1 is 1.00 bits per heavy atom. The zero-order valence-corrected chi connectivity index (χ0v) is 15.9. The lowest BCUT2D eigenvalue weighted by molar-refractivity contribution is -0.143. The summed E-state index contributed by atoms with van der Waals surface area (Å²) in [6.07, 6.45) is 4.41. The fraction of sp³-hybridized carbons (Fsp3) is 0.238. The van der Waals surface area contributed by atoms with Gasteiger partial charge in [0, 0.05) is 31.0 Å². The fourth-order valence-corrected chi connectivity index (χ4v) is 4.43. The van der Waals surface area contributed by atoms with Crippen molar-refractivity contribution in [2.75, 3.05) is 13.1 Å². The third-order valence-electron chi connectivity index (χ3n) is 4.93. The topological polar surface area (TPSA) is 83.4 Å². The lowest BCUT2D eigenvalue weighted by Crippen LogP contribution is -2.40. The number of carbonyl (C=O) groups is 2. The molecule has 3 heterocycles. The van der Waals surface area contributed by atoms with Gasteiger partial charge < -0.3 is 10.0 Å². The number of nitrogens with zero attached hydrogens (tertiary/aromatic N) is 3. The molecule has 1 fully saturated rings. The van der Waals surface area contributed by atoms with Crippen molar-refractivity contribution in [1.82, 2.24) is 14.9 Å². The largest absolute Gasteiger partial charge is 0.481 e. The van der Waals surface area contributed by atoms with Crippen LogP contribution in [0.3, 0.4) is 0 Å². The summed E-state index contributed by atoms with van der Waals surface area (Å²) in [4.78, 5) is 35.5. The van der Waals surface area contributed by atoms with Crippen molar-refractivity contribution in [3.05, 3.63) is 59.9 Å². The lowest BCUT2D eigenvalue weighted by Gasteiger charge is -2.29. The van der Waals surface area contributed by atoms with Gasteiger partial charge in [-0.2, -0.15) is 0 Å². The number of hydrogen-bond acceptors (Lipinski definition) is 5. The van der Waals surface area contributed by atoms with Gasteiger partial charge in [0.1, 0.15) is 0 Å². The molecule has 1 aliphatic rings. The van der Waals surface area contributed by atoms with Crippen LogP contribution >= 0.6 is 11.3 Å². The van der Waals surface area contributed by atoms with Gasteiger partial charge in [0.05, 0.1) is 16.5 Å². The molecule has 0 atom stereocenters. The third-order valence-corrected chi connectivity index (χ3v) is 6.02. The zero-order valence-electron chi connectivity index (χ0n) is 15.1. The minimum Gasteiger partial charge on any atom is -0.481 e. The van der Waals surface area contributed by atoms with Gasteiger partial charge in [-0.3, -0.25) is 14.6 Å². The third kappa shape index (κ3) is 3.66. The van der Waals surface area contributed by atoms with Gasteiger partial charge in [-0.15, -0.1) is 11.3 Å². The van der Waals surface area contributed by atoms with Gasteiger partial charge in [0.25, 0.3) is 5.91 Å². The van der Waals surface area contributed by atoms with Crippen molar-refractivity contribution in [2.45, 2.75) is 12.8 Å². The van der Waals surface area contributed by atoms with Crippen LogP contribution in [0.4, 0.5) is 0 Å². The summed E-state index contributed by atoms with van der Waals surface area (Å²) in [6, 6.07) is 13.6. The Labute approximate surface area is 166 Å². The number of piperidine rings is 1. The molecule has 1 aliphatic heterocycles. The maximum atomic E-state index is 13.0. The highest BCUT2D eigenvalue weighted by atomic mass is 32.1. The number of aliphatic carboxylic acids is 1. The molecule has 1 N–H and O–H groups in total. The van der Waals surface area contributed by atoms with Crippen molar-refractivity contribution in [3.8, 4) is 21.7 Å². The first-order valence-corrected chi connectivity index (χ1v) is 9.94. The molecule has 0 spiro atoms. The van der Waals surface area contributed by atoms with E-state index in [1.165, 1.54) is 11.3 Å². The highest BCUT2D eigenvalue weighted by Gasteiger charge is 2.29. The summed E-state index contributed by atoms with van der Waals surface area (Å²) in [7, 11) is 0. The van der Waals surface area contributed by atoms with Crippen molar-refractivity contribution in [2.24, 2.45) is 5.92 Å². The minimum absolute atomic E-state index is 0.133. The van der Waals surface area contributed by atoms with Crippen molar-refractivity contribution in [1.29, 1.82) is 0 Å². The molecule has 1 aromatic carbocycles. The molecule has 7 heteroatoms. The highest BCUT2D eigenvalue weighted by molar-refractivity contribution is 7.17. The average molecular weight is 393 g/mol. The van der Waals surface area contributed by atoms with Crippen molar-refractivity contribution < 1.29 is 14.7 Å². The number of carboxylic acid groups (broad SMARTS) is 1. The van der Waals surface area contributed by atoms with Crippen LogP contribution in [0.15, 0.2) is 54.9 Å². The molecular weight excluding hydrogens is 374 g/mol. The average Bonchev–Trinajstić information content (AvgIpc) is 3.20. The maximum Gasteiger partial charge on any atom is 0.306 e. The highest BCUT2D eigenvalue weighted by Crippen LogP contribution is 2.37. The van der Waals surface area contributed by atoms with Gasteiger partial charge in [-0.25, -0.2) is 4.98 Å². The molecule has 28 heavy (non-hydrogen) atoms. The Bertz CT molecular complexity index is 924. The first-order chi connectivity index (χ1) is 13.6. The normalized spacial score (nSPS) is 14.8. The number of amides is 1. The molecule has 142 valence electrons. The summed E-state index contributed by atoms with van der Waals surface area (Å²) in [5.41, 5.74) is 2.70. The smallest absolute Gasteiger partial charge is 0.306 e. The van der Waals surface area contributed by atoms with E-state index < -0.39 is 5.97 Å². The second-order valence-corrected chi connectivity index (χ2v) is 7.70. The molecule has 1 saturated heterocycles. The van der Waals surface area contributed by atoms with Gasteiger partial charge in [-0.1, -0.05) is 30.3 Å². The van der Waals surface area contributed by atoms with E-state index in [1.54, 1.807) is 17.3 Å². The molecule has 0 unspecified atom stereocenters. The lowest BCUT2D eigenvalue weighted by atomic mass is 9.97. The van der Waals surface area contributed by atoms with E-state index in [0.717, 1.165) is 21.7 Å². The van der Waals surface area contributed by atoms with Crippen LogP contribution < -0.4 is 0 Å². The number of pyridine rings is 1. The number of hydrogen-bond donors (Lipinski definition) is 1. The molecular formula is C21H19N3O3S. The van der Waals surface area contributed by atoms with E-state index in [-0.39, 0.29) is 11.8 Å². The summed E-state index contributed by atoms with van der Waals surface area (Å²) in [5.74, 6) is -1.29. The second-order valence-electron chi connectivity index (χ2n) is 6.70. The van der Waals surface area contributed by atoms with Crippen molar-refractivity contribution >= 4 is 23.2 Å². The van der Waals surface area contributed by atoms with Crippen LogP contribution in [0, 0.1) is 5.92 Å². The molecule has 3 aromatic rings. The van der Waals surface area contributed by atoms with Crippen LogP contribution in [0.5, 0.6) is 0 Å². The fourth-order valence-electron chi connectivity index (χ4n) is 3.37.